The van der Waals surface area contributed by atoms with Gasteiger partial charge in [0.15, 0.2) is 0 Å². The number of thiol groups is 1. The van der Waals surface area contributed by atoms with Crippen molar-refractivity contribution in [2.45, 2.75) is 130 Å². The lowest BCUT2D eigenvalue weighted by Crippen LogP contribution is -2.57. The molecule has 8 rings (SSSR count). The summed E-state index contributed by atoms with van der Waals surface area (Å²) in [6.45, 7) is 31.0. The van der Waals surface area contributed by atoms with Gasteiger partial charge in [-0.2, -0.15) is 0 Å². The van der Waals surface area contributed by atoms with Gasteiger partial charge < -0.3 is 9.80 Å². The molecule has 1 atom stereocenters. The van der Waals surface area contributed by atoms with E-state index in [1.54, 1.807) is 0 Å². The quantitative estimate of drug-likeness (QED) is 0.165. The van der Waals surface area contributed by atoms with E-state index in [-0.39, 0.29) is 28.4 Å². The molecule has 2 nitrogen and oxygen atoms in total. The van der Waals surface area contributed by atoms with Gasteiger partial charge in [-0.3, -0.25) is 0 Å². The number of nitrogens with zero attached hydrogens (tertiary/aromatic N) is 2. The third-order valence-corrected chi connectivity index (χ3v) is 13.9. The lowest BCUT2D eigenvalue weighted by Gasteiger charge is -2.50. The van der Waals surface area contributed by atoms with E-state index < -0.39 is 0 Å². The molecule has 0 N–H and O–H groups in total. The molecule has 0 radical (unpaired) electrons. The number of hydrogen-bond acceptors (Lipinski definition) is 3. The van der Waals surface area contributed by atoms with E-state index in [0.717, 1.165) is 17.7 Å². The Hall–Kier alpha value is -3.89. The molecule has 0 bridgehead atoms. The van der Waals surface area contributed by atoms with Gasteiger partial charge in [0.25, 0.3) is 6.71 Å². The highest BCUT2D eigenvalue weighted by molar-refractivity contribution is 7.80. The zero-order valence-corrected chi connectivity index (χ0v) is 36.6. The first-order valence-electron chi connectivity index (χ1n) is 20.6. The molecule has 0 amide bonds. The number of anilines is 4. The Morgan fingerprint density at radius 3 is 2.05 bits per heavy atom. The van der Waals surface area contributed by atoms with E-state index in [4.69, 9.17) is 12.6 Å². The van der Waals surface area contributed by atoms with Crippen molar-refractivity contribution in [2.75, 3.05) is 9.80 Å². The SMILES string of the molecule is CC1=C(c2ccccc2S)B2c3ccc4c(c3N(c3ccc(C(C)(C)C)cc3C)c3cc(C)cc(c32)N1C1=CCC(C(C)(C)C)C=C1)C(C)(C)CCC4(C)C. The van der Waals surface area contributed by atoms with Gasteiger partial charge in [0.05, 0.1) is 0 Å². The number of rotatable bonds is 3. The first kappa shape index (κ1) is 38.0. The van der Waals surface area contributed by atoms with Crippen molar-refractivity contribution in [3.63, 3.8) is 0 Å². The Morgan fingerprint density at radius 1 is 0.764 bits per heavy atom. The average Bonchev–Trinajstić information content (AvgIpc) is 3.10. The molecule has 0 spiro atoms. The third-order valence-electron chi connectivity index (χ3n) is 13.5. The highest BCUT2D eigenvalue weighted by Gasteiger charge is 2.49. The molecule has 2 aliphatic carbocycles. The monoisotopic (exact) mass is 744 g/mol. The van der Waals surface area contributed by atoms with Crippen LogP contribution in [0.15, 0.2) is 101 Å². The molecule has 0 aromatic heterocycles. The zero-order chi connectivity index (χ0) is 39.6. The Kier molecular flexibility index (Phi) is 8.86. The third kappa shape index (κ3) is 6.08. The van der Waals surface area contributed by atoms with Crippen molar-refractivity contribution in [3.8, 4) is 0 Å². The van der Waals surface area contributed by atoms with E-state index >= 15 is 0 Å². The van der Waals surface area contributed by atoms with Crippen LogP contribution in [-0.2, 0) is 16.2 Å². The van der Waals surface area contributed by atoms with Gasteiger partial charge in [0, 0.05) is 39.0 Å². The van der Waals surface area contributed by atoms with Gasteiger partial charge in [-0.05, 0) is 148 Å². The molecular weight excluding hydrogens is 683 g/mol. The van der Waals surface area contributed by atoms with Crippen LogP contribution in [0.25, 0.3) is 5.47 Å². The molecule has 0 saturated carbocycles. The van der Waals surface area contributed by atoms with Gasteiger partial charge >= 0.3 is 0 Å². The molecule has 55 heavy (non-hydrogen) atoms. The van der Waals surface area contributed by atoms with Gasteiger partial charge in [0.2, 0.25) is 0 Å². The Bertz CT molecular complexity index is 2340. The molecular formula is C51H61BN2S. The number of aryl methyl sites for hydroxylation is 2. The fourth-order valence-electron chi connectivity index (χ4n) is 10.2. The van der Waals surface area contributed by atoms with Crippen molar-refractivity contribution in [3.05, 3.63) is 130 Å². The van der Waals surface area contributed by atoms with Crippen LogP contribution in [0, 0.1) is 25.2 Å². The van der Waals surface area contributed by atoms with Crippen molar-refractivity contribution >= 4 is 58.5 Å². The predicted octanol–water partition coefficient (Wildman–Crippen LogP) is 12.9. The summed E-state index contributed by atoms with van der Waals surface area (Å²) in [5, 5.41) is 0. The Balaban J connectivity index is 1.50. The first-order chi connectivity index (χ1) is 25.7. The second-order valence-corrected chi connectivity index (χ2v) is 21.0. The van der Waals surface area contributed by atoms with E-state index in [1.807, 2.05) is 0 Å². The van der Waals surface area contributed by atoms with Gasteiger partial charge in [-0.25, -0.2) is 0 Å². The van der Waals surface area contributed by atoms with E-state index in [9.17, 15) is 0 Å². The number of benzene rings is 4. The molecule has 4 aliphatic rings. The number of hydrogen-bond donors (Lipinski definition) is 1. The molecule has 1 unspecified atom stereocenters. The summed E-state index contributed by atoms with van der Waals surface area (Å²) < 4.78 is 0. The lowest BCUT2D eigenvalue weighted by atomic mass is 9.31. The zero-order valence-electron chi connectivity index (χ0n) is 35.7. The fraction of sp³-hybridized carbons (Fsp3) is 0.412. The minimum atomic E-state index is 0.000235. The Labute approximate surface area is 338 Å². The standard InChI is InChI=1S/C51H61BN2S/c1-31-28-41-46-42(29-31)54(40-25-20-35(30-32(40)2)49(7,8)9)47-39(24-23-38-44(47)51(12,13)27-26-50(38,10)11)52(46)45(37-16-14-15-17-43(37)55)33(3)53(41)36-21-18-34(19-22-36)48(4,5)6/h14-18,20-25,28-30,34,55H,19,26-27H2,1-13H3. The minimum Gasteiger partial charge on any atom is -0.316 e. The normalized spacial score (nSPS) is 19.9. The fourth-order valence-corrected chi connectivity index (χ4v) is 10.4. The maximum atomic E-state index is 5.19. The second kappa shape index (κ2) is 12.8. The predicted molar refractivity (Wildman–Crippen MR) is 243 cm³/mol. The van der Waals surface area contributed by atoms with Crippen LogP contribution >= 0.6 is 12.6 Å². The maximum absolute atomic E-state index is 5.19. The molecule has 4 aromatic carbocycles. The van der Waals surface area contributed by atoms with E-state index in [1.165, 1.54) is 90.3 Å². The van der Waals surface area contributed by atoms with Crippen LogP contribution in [0.3, 0.4) is 0 Å². The van der Waals surface area contributed by atoms with Gasteiger partial charge in [-0.15, -0.1) is 12.6 Å². The Morgan fingerprint density at radius 2 is 1.44 bits per heavy atom. The van der Waals surface area contributed by atoms with Crippen LogP contribution in [0.2, 0.25) is 0 Å². The summed E-state index contributed by atoms with van der Waals surface area (Å²) in [4.78, 5) is 6.30. The molecule has 0 saturated heterocycles. The molecule has 4 heteroatoms. The van der Waals surface area contributed by atoms with E-state index in [2.05, 4.69) is 185 Å². The summed E-state index contributed by atoms with van der Waals surface area (Å²) >= 11 is 5.19. The smallest absolute Gasteiger partial charge is 0.252 e. The summed E-state index contributed by atoms with van der Waals surface area (Å²) in [5.74, 6) is 0.502. The maximum Gasteiger partial charge on any atom is 0.252 e. The summed E-state index contributed by atoms with van der Waals surface area (Å²) in [5.41, 5.74) is 20.4. The molecule has 2 heterocycles. The van der Waals surface area contributed by atoms with Gasteiger partial charge in [-0.1, -0.05) is 124 Å². The summed E-state index contributed by atoms with van der Waals surface area (Å²) in [7, 11) is 0. The number of allylic oxidation sites excluding steroid dienone is 4. The highest BCUT2D eigenvalue weighted by Crippen LogP contribution is 2.55. The minimum absolute atomic E-state index is 0.000235. The average molecular weight is 745 g/mol. The van der Waals surface area contributed by atoms with Crippen molar-refractivity contribution in [2.24, 2.45) is 11.3 Å². The lowest BCUT2D eigenvalue weighted by molar-refractivity contribution is 0.293. The summed E-state index contributed by atoms with van der Waals surface area (Å²) in [6.07, 6.45) is 10.7. The summed E-state index contributed by atoms with van der Waals surface area (Å²) in [6, 6.07) is 26.0. The van der Waals surface area contributed by atoms with Crippen LogP contribution in [-0.4, -0.2) is 6.71 Å². The van der Waals surface area contributed by atoms with Crippen molar-refractivity contribution in [1.29, 1.82) is 0 Å². The van der Waals surface area contributed by atoms with Crippen LogP contribution < -0.4 is 20.7 Å². The molecule has 4 aromatic rings. The molecule has 2 aliphatic heterocycles. The molecule has 0 fully saturated rings. The largest absolute Gasteiger partial charge is 0.316 e. The topological polar surface area (TPSA) is 6.48 Å². The van der Waals surface area contributed by atoms with Crippen LogP contribution in [0.5, 0.6) is 0 Å². The molecule has 284 valence electrons. The number of fused-ring (bicyclic) bond motifs is 4. The highest BCUT2D eigenvalue weighted by atomic mass is 32.1. The van der Waals surface area contributed by atoms with E-state index in [0.29, 0.717) is 5.92 Å². The van der Waals surface area contributed by atoms with Crippen molar-refractivity contribution in [1.82, 2.24) is 0 Å². The van der Waals surface area contributed by atoms with Gasteiger partial charge in [0.1, 0.15) is 0 Å². The van der Waals surface area contributed by atoms with Crippen LogP contribution in [0.1, 0.15) is 129 Å². The first-order valence-corrected chi connectivity index (χ1v) is 21.1. The van der Waals surface area contributed by atoms with Crippen LogP contribution in [0.4, 0.5) is 22.7 Å². The second-order valence-electron chi connectivity index (χ2n) is 20.5. The van der Waals surface area contributed by atoms with Crippen molar-refractivity contribution < 1.29 is 0 Å².